The number of aromatic nitrogens is 2. The molecule has 0 atom stereocenters. The summed E-state index contributed by atoms with van der Waals surface area (Å²) < 4.78 is 42.5. The highest BCUT2D eigenvalue weighted by atomic mass is 32.2. The standard InChI is InChI=1S/C17H15FN4O3S/c1-12(23)20-17-9-13(7-8-16(17)18)21-26(24,25)15-10-19-22(11-15)14-5-3-2-4-6-14/h2-11,21H,1H3,(H,20,23). The molecule has 3 aromatic rings. The summed E-state index contributed by atoms with van der Waals surface area (Å²) in [5.74, 6) is -1.13. The SMILES string of the molecule is CC(=O)Nc1cc(NS(=O)(=O)c2cnn(-c3ccccc3)c2)ccc1F. The van der Waals surface area contributed by atoms with E-state index >= 15 is 0 Å². The van der Waals surface area contributed by atoms with Crippen LogP contribution in [-0.2, 0) is 14.8 Å². The molecule has 0 saturated carbocycles. The maximum absolute atomic E-state index is 13.7. The molecule has 2 N–H and O–H groups in total. The monoisotopic (exact) mass is 374 g/mol. The molecule has 2 aromatic carbocycles. The average Bonchev–Trinajstić information content (AvgIpc) is 3.09. The van der Waals surface area contributed by atoms with Crippen LogP contribution in [0.2, 0.25) is 0 Å². The molecule has 3 rings (SSSR count). The second-order valence-corrected chi connectivity index (χ2v) is 7.12. The van der Waals surface area contributed by atoms with E-state index < -0.39 is 21.7 Å². The van der Waals surface area contributed by atoms with Gasteiger partial charge in [-0.25, -0.2) is 17.5 Å². The molecule has 1 aromatic heterocycles. The molecule has 0 aliphatic carbocycles. The van der Waals surface area contributed by atoms with Gasteiger partial charge in [-0.15, -0.1) is 0 Å². The minimum Gasteiger partial charge on any atom is -0.324 e. The van der Waals surface area contributed by atoms with Crippen LogP contribution in [0.15, 0.2) is 65.8 Å². The summed E-state index contributed by atoms with van der Waals surface area (Å²) in [6.45, 7) is 1.23. The van der Waals surface area contributed by atoms with E-state index in [2.05, 4.69) is 15.1 Å². The quantitative estimate of drug-likeness (QED) is 0.718. The van der Waals surface area contributed by atoms with Crippen molar-refractivity contribution in [3.63, 3.8) is 0 Å². The second kappa shape index (κ2) is 6.96. The molecule has 0 aliphatic rings. The Hall–Kier alpha value is -3.20. The first-order valence-electron chi connectivity index (χ1n) is 7.55. The highest BCUT2D eigenvalue weighted by Gasteiger charge is 2.18. The van der Waals surface area contributed by atoms with E-state index in [0.29, 0.717) is 5.69 Å². The molecule has 0 aliphatic heterocycles. The van der Waals surface area contributed by atoms with Crippen molar-refractivity contribution in [3.05, 3.63) is 66.7 Å². The third kappa shape index (κ3) is 3.89. The van der Waals surface area contributed by atoms with Crippen LogP contribution >= 0.6 is 0 Å². The van der Waals surface area contributed by atoms with E-state index in [4.69, 9.17) is 0 Å². The van der Waals surface area contributed by atoms with Crippen molar-refractivity contribution in [2.24, 2.45) is 0 Å². The van der Waals surface area contributed by atoms with Crippen LogP contribution in [0.1, 0.15) is 6.92 Å². The Morgan fingerprint density at radius 2 is 1.88 bits per heavy atom. The van der Waals surface area contributed by atoms with Gasteiger partial charge in [0, 0.05) is 6.92 Å². The van der Waals surface area contributed by atoms with Gasteiger partial charge in [-0.3, -0.25) is 9.52 Å². The van der Waals surface area contributed by atoms with Gasteiger partial charge in [-0.05, 0) is 30.3 Å². The number of rotatable bonds is 5. The maximum atomic E-state index is 13.7. The predicted octanol–water partition coefficient (Wildman–Crippen LogP) is 2.77. The van der Waals surface area contributed by atoms with Crippen molar-refractivity contribution in [3.8, 4) is 5.69 Å². The van der Waals surface area contributed by atoms with Gasteiger partial charge in [0.25, 0.3) is 10.0 Å². The van der Waals surface area contributed by atoms with E-state index in [-0.39, 0.29) is 16.3 Å². The lowest BCUT2D eigenvalue weighted by molar-refractivity contribution is -0.114. The molecule has 0 saturated heterocycles. The van der Waals surface area contributed by atoms with Crippen molar-refractivity contribution in [1.82, 2.24) is 9.78 Å². The van der Waals surface area contributed by atoms with Gasteiger partial charge < -0.3 is 5.32 Å². The van der Waals surface area contributed by atoms with E-state index in [1.54, 1.807) is 12.1 Å². The number of sulfonamides is 1. The number of halogens is 1. The summed E-state index contributed by atoms with van der Waals surface area (Å²) in [6.07, 6.45) is 2.59. The Bertz CT molecular complexity index is 1050. The molecule has 0 fully saturated rings. The molecule has 9 heteroatoms. The van der Waals surface area contributed by atoms with Gasteiger partial charge in [-0.1, -0.05) is 18.2 Å². The maximum Gasteiger partial charge on any atom is 0.265 e. The van der Waals surface area contributed by atoms with Crippen molar-refractivity contribution in [1.29, 1.82) is 0 Å². The normalized spacial score (nSPS) is 11.2. The average molecular weight is 374 g/mol. The van der Waals surface area contributed by atoms with Crippen LogP contribution in [0, 0.1) is 5.82 Å². The predicted molar refractivity (Wildman–Crippen MR) is 95.1 cm³/mol. The summed E-state index contributed by atoms with van der Waals surface area (Å²) in [7, 11) is -3.93. The topological polar surface area (TPSA) is 93.1 Å². The molecule has 1 amide bonds. The molecular weight excluding hydrogens is 359 g/mol. The summed E-state index contributed by atoms with van der Waals surface area (Å²) in [6, 6.07) is 12.6. The lowest BCUT2D eigenvalue weighted by Gasteiger charge is -2.09. The lowest BCUT2D eigenvalue weighted by atomic mass is 10.2. The number of benzene rings is 2. The minimum atomic E-state index is -3.93. The number of amides is 1. The number of nitrogens with one attached hydrogen (secondary N) is 2. The summed E-state index contributed by atoms with van der Waals surface area (Å²) >= 11 is 0. The second-order valence-electron chi connectivity index (χ2n) is 5.44. The van der Waals surface area contributed by atoms with Gasteiger partial charge in [0.1, 0.15) is 10.7 Å². The summed E-state index contributed by atoms with van der Waals surface area (Å²) in [5, 5.41) is 6.35. The lowest BCUT2D eigenvalue weighted by Crippen LogP contribution is -2.13. The van der Waals surface area contributed by atoms with Gasteiger partial charge in [0.2, 0.25) is 5.91 Å². The molecule has 0 bridgehead atoms. The van der Waals surface area contributed by atoms with Crippen LogP contribution in [0.5, 0.6) is 0 Å². The smallest absolute Gasteiger partial charge is 0.265 e. The fraction of sp³-hybridized carbons (Fsp3) is 0.0588. The third-order valence-corrected chi connectivity index (χ3v) is 4.76. The molecule has 0 unspecified atom stereocenters. The number of anilines is 2. The molecule has 1 heterocycles. The van der Waals surface area contributed by atoms with Crippen molar-refractivity contribution in [2.75, 3.05) is 10.0 Å². The molecule has 134 valence electrons. The molecule has 0 radical (unpaired) electrons. The van der Waals surface area contributed by atoms with E-state index in [9.17, 15) is 17.6 Å². The molecule has 7 nitrogen and oxygen atoms in total. The number of carbonyl (C=O) groups excluding carboxylic acids is 1. The first kappa shape index (κ1) is 17.6. The molecular formula is C17H15FN4O3S. The first-order chi connectivity index (χ1) is 12.3. The Morgan fingerprint density at radius 1 is 1.15 bits per heavy atom. The van der Waals surface area contributed by atoms with Crippen LogP contribution in [0.3, 0.4) is 0 Å². The van der Waals surface area contributed by atoms with Gasteiger partial charge in [0.15, 0.2) is 0 Å². The number of hydrogen-bond donors (Lipinski definition) is 2. The Balaban J connectivity index is 1.86. The third-order valence-electron chi connectivity index (χ3n) is 3.42. The minimum absolute atomic E-state index is 0.0493. The zero-order valence-corrected chi connectivity index (χ0v) is 14.5. The Morgan fingerprint density at radius 3 is 2.58 bits per heavy atom. The van der Waals surface area contributed by atoms with Crippen LogP contribution < -0.4 is 10.0 Å². The first-order valence-corrected chi connectivity index (χ1v) is 9.03. The molecule has 0 spiro atoms. The number of nitrogens with zero attached hydrogens (tertiary/aromatic N) is 2. The van der Waals surface area contributed by atoms with E-state index in [1.807, 2.05) is 18.2 Å². The highest BCUT2D eigenvalue weighted by molar-refractivity contribution is 7.92. The number of hydrogen-bond acceptors (Lipinski definition) is 4. The van der Waals surface area contributed by atoms with Crippen LogP contribution in [0.4, 0.5) is 15.8 Å². The van der Waals surface area contributed by atoms with Crippen molar-refractivity contribution in [2.45, 2.75) is 11.8 Å². The van der Waals surface area contributed by atoms with Crippen molar-refractivity contribution >= 4 is 27.3 Å². The molecule has 26 heavy (non-hydrogen) atoms. The van der Waals surface area contributed by atoms with E-state index in [1.165, 1.54) is 36.1 Å². The van der Waals surface area contributed by atoms with Gasteiger partial charge in [0.05, 0.1) is 29.5 Å². The summed E-state index contributed by atoms with van der Waals surface area (Å²) in [5.41, 5.74) is 0.712. The Labute approximate surface area is 149 Å². The fourth-order valence-electron chi connectivity index (χ4n) is 2.26. The fourth-order valence-corrected chi connectivity index (χ4v) is 3.23. The van der Waals surface area contributed by atoms with Crippen molar-refractivity contribution < 1.29 is 17.6 Å². The Kier molecular flexibility index (Phi) is 4.72. The zero-order chi connectivity index (χ0) is 18.7. The van der Waals surface area contributed by atoms with Gasteiger partial charge >= 0.3 is 0 Å². The largest absolute Gasteiger partial charge is 0.324 e. The highest BCUT2D eigenvalue weighted by Crippen LogP contribution is 2.22. The number of carbonyl (C=O) groups is 1. The van der Waals surface area contributed by atoms with Gasteiger partial charge in [-0.2, -0.15) is 5.10 Å². The zero-order valence-electron chi connectivity index (χ0n) is 13.7. The summed E-state index contributed by atoms with van der Waals surface area (Å²) in [4.78, 5) is 11.0. The van der Waals surface area contributed by atoms with Crippen LogP contribution in [0.25, 0.3) is 5.69 Å². The number of para-hydroxylation sites is 1. The van der Waals surface area contributed by atoms with E-state index in [0.717, 1.165) is 6.07 Å². The van der Waals surface area contributed by atoms with Crippen LogP contribution in [-0.4, -0.2) is 24.1 Å².